The van der Waals surface area contributed by atoms with Crippen molar-refractivity contribution in [2.75, 3.05) is 5.32 Å². The number of carbonyl (C=O) groups is 3. The summed E-state index contributed by atoms with van der Waals surface area (Å²) >= 11 is 0. The van der Waals surface area contributed by atoms with E-state index < -0.39 is 0 Å². The Kier molecular flexibility index (Phi) is 6.77. The minimum atomic E-state index is -0.387. The lowest BCUT2D eigenvalue weighted by atomic mass is 10.0. The Morgan fingerprint density at radius 3 is 2.59 bits per heavy atom. The summed E-state index contributed by atoms with van der Waals surface area (Å²) in [5.74, 6) is 0.291. The van der Waals surface area contributed by atoms with Crippen LogP contribution in [0.4, 0.5) is 5.69 Å². The van der Waals surface area contributed by atoms with Crippen molar-refractivity contribution in [1.29, 1.82) is 0 Å². The second-order valence-electron chi connectivity index (χ2n) is 8.94. The molecule has 3 N–H and O–H groups in total. The van der Waals surface area contributed by atoms with E-state index in [1.165, 1.54) is 5.56 Å². The molecule has 2 aliphatic rings. The number of imidazole rings is 1. The molecule has 176 valence electrons. The van der Waals surface area contributed by atoms with Gasteiger partial charge in [-0.2, -0.15) is 0 Å². The lowest BCUT2D eigenvalue weighted by Crippen LogP contribution is -2.29. The van der Waals surface area contributed by atoms with Crippen molar-refractivity contribution in [3.63, 3.8) is 0 Å². The van der Waals surface area contributed by atoms with E-state index in [0.29, 0.717) is 23.7 Å². The van der Waals surface area contributed by atoms with Gasteiger partial charge in [-0.25, -0.2) is 4.98 Å². The molecule has 1 heterocycles. The molecule has 2 aliphatic carbocycles. The number of nitrogens with zero attached hydrogens (tertiary/aromatic N) is 2. The van der Waals surface area contributed by atoms with E-state index in [1.54, 1.807) is 18.6 Å². The number of amides is 2. The fourth-order valence-electron chi connectivity index (χ4n) is 4.17. The third kappa shape index (κ3) is 5.33. The van der Waals surface area contributed by atoms with Crippen LogP contribution in [0.15, 0.2) is 67.3 Å². The number of nitrogens with one attached hydrogen (secondary N) is 2. The highest BCUT2D eigenvalue weighted by atomic mass is 16.3. The van der Waals surface area contributed by atoms with Crippen LogP contribution in [0.1, 0.15) is 46.7 Å². The molecule has 2 fully saturated rings. The quantitative estimate of drug-likeness (QED) is 0.466. The number of aryl methyl sites for hydroxylation is 1. The van der Waals surface area contributed by atoms with Crippen LogP contribution in [0, 0.1) is 12.3 Å². The zero-order chi connectivity index (χ0) is 24.1. The van der Waals surface area contributed by atoms with Crippen molar-refractivity contribution in [2.45, 2.75) is 44.7 Å². The van der Waals surface area contributed by atoms with Crippen LogP contribution in [-0.2, 0) is 16.1 Å². The van der Waals surface area contributed by atoms with Gasteiger partial charge >= 0.3 is 0 Å². The Balaban J connectivity index is 0.000000868. The van der Waals surface area contributed by atoms with Crippen molar-refractivity contribution >= 4 is 24.0 Å². The Morgan fingerprint density at radius 2 is 1.94 bits per heavy atom. The number of aromatic nitrogens is 2. The zero-order valence-electron chi connectivity index (χ0n) is 19.0. The molecule has 0 saturated heterocycles. The molecule has 0 spiro atoms. The first-order valence-electron chi connectivity index (χ1n) is 11.3. The monoisotopic (exact) mass is 460 g/mol. The van der Waals surface area contributed by atoms with Crippen LogP contribution in [0.5, 0.6) is 0 Å². The molecule has 0 bridgehead atoms. The number of carboxylic acid groups (broad SMARTS) is 1. The van der Waals surface area contributed by atoms with Crippen LogP contribution in [0.25, 0.3) is 0 Å². The molecule has 8 heteroatoms. The summed E-state index contributed by atoms with van der Waals surface area (Å²) in [7, 11) is 0. The summed E-state index contributed by atoms with van der Waals surface area (Å²) in [6.45, 7) is 2.32. The summed E-state index contributed by atoms with van der Waals surface area (Å²) in [5, 5.41) is 13.1. The van der Waals surface area contributed by atoms with E-state index in [0.717, 1.165) is 24.8 Å². The highest BCUT2D eigenvalue weighted by Gasteiger charge is 2.50. The molecule has 2 amide bonds. The molecule has 0 aliphatic heterocycles. The van der Waals surface area contributed by atoms with Gasteiger partial charge in [-0.1, -0.05) is 36.4 Å². The molecule has 8 nitrogen and oxygen atoms in total. The zero-order valence-corrected chi connectivity index (χ0v) is 19.0. The molecule has 5 rings (SSSR count). The fraction of sp³-hybridized carbons (Fsp3) is 0.308. The third-order valence-corrected chi connectivity index (χ3v) is 6.46. The van der Waals surface area contributed by atoms with Crippen molar-refractivity contribution in [1.82, 2.24) is 14.9 Å². The normalized spacial score (nSPS) is 19.2. The first-order valence-corrected chi connectivity index (χ1v) is 11.3. The Hall–Kier alpha value is -3.94. The molecule has 3 aromatic rings. The van der Waals surface area contributed by atoms with Crippen LogP contribution in [-0.4, -0.2) is 39.0 Å². The summed E-state index contributed by atoms with van der Waals surface area (Å²) in [5.41, 5.74) is 3.08. The molecule has 0 radical (unpaired) electrons. The number of anilines is 1. The van der Waals surface area contributed by atoms with E-state index in [-0.39, 0.29) is 29.7 Å². The highest BCUT2D eigenvalue weighted by Crippen LogP contribution is 2.48. The van der Waals surface area contributed by atoms with Gasteiger partial charge in [0.25, 0.3) is 12.4 Å². The second-order valence-corrected chi connectivity index (χ2v) is 8.94. The number of carbonyl (C=O) groups excluding carboxylic acids is 2. The van der Waals surface area contributed by atoms with Crippen molar-refractivity contribution < 1.29 is 19.5 Å². The average molecular weight is 461 g/mol. The molecular weight excluding hydrogens is 432 g/mol. The van der Waals surface area contributed by atoms with E-state index in [1.807, 2.05) is 48.0 Å². The van der Waals surface area contributed by atoms with E-state index >= 15 is 0 Å². The molecule has 34 heavy (non-hydrogen) atoms. The van der Waals surface area contributed by atoms with Crippen molar-refractivity contribution in [2.24, 2.45) is 5.41 Å². The molecule has 1 aromatic heterocycles. The van der Waals surface area contributed by atoms with Crippen LogP contribution in [0.3, 0.4) is 0 Å². The lowest BCUT2D eigenvalue weighted by molar-refractivity contribution is -0.123. The van der Waals surface area contributed by atoms with E-state index in [2.05, 4.69) is 27.8 Å². The maximum absolute atomic E-state index is 13.0. The maximum atomic E-state index is 13.0. The van der Waals surface area contributed by atoms with Crippen LogP contribution >= 0.6 is 0 Å². The van der Waals surface area contributed by atoms with Gasteiger partial charge in [0.05, 0.1) is 11.7 Å². The van der Waals surface area contributed by atoms with Gasteiger partial charge in [-0.3, -0.25) is 14.4 Å². The predicted molar refractivity (Wildman–Crippen MR) is 127 cm³/mol. The van der Waals surface area contributed by atoms with Gasteiger partial charge in [-0.15, -0.1) is 0 Å². The first kappa shape index (κ1) is 23.2. The lowest BCUT2D eigenvalue weighted by Gasteiger charge is -2.17. The van der Waals surface area contributed by atoms with Crippen LogP contribution < -0.4 is 10.6 Å². The topological polar surface area (TPSA) is 113 Å². The molecule has 0 unspecified atom stereocenters. The van der Waals surface area contributed by atoms with Crippen LogP contribution in [0.2, 0.25) is 0 Å². The van der Waals surface area contributed by atoms with E-state index in [9.17, 15) is 9.59 Å². The largest absolute Gasteiger partial charge is 0.483 e. The Labute approximate surface area is 198 Å². The van der Waals surface area contributed by atoms with Crippen molar-refractivity contribution in [3.05, 3.63) is 83.9 Å². The van der Waals surface area contributed by atoms with Gasteiger partial charge in [0.2, 0.25) is 5.91 Å². The maximum Gasteiger partial charge on any atom is 0.290 e. The molecule has 2 saturated carbocycles. The van der Waals surface area contributed by atoms with Gasteiger partial charge < -0.3 is 20.3 Å². The third-order valence-electron chi connectivity index (χ3n) is 6.46. The van der Waals surface area contributed by atoms with Crippen molar-refractivity contribution in [3.8, 4) is 0 Å². The van der Waals surface area contributed by atoms with Gasteiger partial charge in [0, 0.05) is 42.1 Å². The van der Waals surface area contributed by atoms with Gasteiger partial charge in [-0.05, 0) is 49.4 Å². The predicted octanol–water partition coefficient (Wildman–Crippen LogP) is 3.60. The molecule has 2 atom stereocenters. The van der Waals surface area contributed by atoms with Gasteiger partial charge in [0.1, 0.15) is 0 Å². The average Bonchev–Trinajstić information content (AvgIpc) is 3.73. The number of hydrogen-bond acceptors (Lipinski definition) is 4. The Bertz CT molecular complexity index is 1160. The summed E-state index contributed by atoms with van der Waals surface area (Å²) < 4.78 is 1.95. The summed E-state index contributed by atoms with van der Waals surface area (Å²) in [6.07, 6.45) is 8.02. The SMILES string of the molecule is Cc1ccc(C(=O)N[C@@H]2C[C@H]2c2ccccc2)cc1NC(=O)C1(Cn2ccnc2)CC1.O=CO. The standard InChI is InChI=1S/C25H26N4O2.CH2O2/c1-17-7-8-19(23(30)27-22-14-20(22)18-5-3-2-4-6-18)13-21(17)28-24(31)25(9-10-25)15-29-12-11-26-16-29;2-1-3/h2-8,11-13,16,20,22H,9-10,14-15H2,1H3,(H,27,30)(H,28,31);1H,(H,2,3)/t20-,22+;/m0./s1. The first-order chi connectivity index (χ1) is 16.5. The number of benzene rings is 2. The molecular formula is C26H28N4O4. The fourth-order valence-corrected chi connectivity index (χ4v) is 4.17. The number of hydrogen-bond donors (Lipinski definition) is 3. The van der Waals surface area contributed by atoms with Gasteiger partial charge in [0.15, 0.2) is 0 Å². The minimum Gasteiger partial charge on any atom is -0.483 e. The molecule has 2 aromatic carbocycles. The smallest absolute Gasteiger partial charge is 0.290 e. The Morgan fingerprint density at radius 1 is 1.21 bits per heavy atom. The summed E-state index contributed by atoms with van der Waals surface area (Å²) in [4.78, 5) is 38.2. The summed E-state index contributed by atoms with van der Waals surface area (Å²) in [6, 6.07) is 15.9. The highest BCUT2D eigenvalue weighted by molar-refractivity contribution is 6.00. The minimum absolute atomic E-state index is 0.00759. The second kappa shape index (κ2) is 9.91. The number of rotatable bonds is 7. The van der Waals surface area contributed by atoms with E-state index in [4.69, 9.17) is 9.90 Å².